The van der Waals surface area contributed by atoms with E-state index in [0.29, 0.717) is 24.1 Å². The highest BCUT2D eigenvalue weighted by atomic mass is 32.2. The molecule has 0 atom stereocenters. The zero-order chi connectivity index (χ0) is 21.7. The number of aryl methyl sites for hydroxylation is 2. The van der Waals surface area contributed by atoms with Crippen LogP contribution in [0.15, 0.2) is 34.7 Å². The maximum absolute atomic E-state index is 13.2. The molecule has 158 valence electrons. The van der Waals surface area contributed by atoms with Crippen LogP contribution in [0.25, 0.3) is 21.8 Å². The lowest BCUT2D eigenvalue weighted by Gasteiger charge is -2.18. The van der Waals surface area contributed by atoms with Crippen molar-refractivity contribution in [2.45, 2.75) is 31.8 Å². The van der Waals surface area contributed by atoms with Crippen molar-refractivity contribution in [1.82, 2.24) is 14.5 Å². The lowest BCUT2D eigenvalue weighted by molar-refractivity contribution is -0.0500. The van der Waals surface area contributed by atoms with E-state index in [0.717, 1.165) is 23.0 Å². The molecule has 0 amide bonds. The van der Waals surface area contributed by atoms with Gasteiger partial charge in [-0.1, -0.05) is 0 Å². The van der Waals surface area contributed by atoms with Crippen molar-refractivity contribution in [3.05, 3.63) is 51.5 Å². The molecule has 1 aliphatic heterocycles. The van der Waals surface area contributed by atoms with Crippen molar-refractivity contribution in [3.63, 3.8) is 0 Å². The summed E-state index contributed by atoms with van der Waals surface area (Å²) in [6.45, 7) is 1.87. The number of halogens is 3. The Morgan fingerprint density at radius 3 is 2.70 bits per heavy atom. The topological polar surface area (TPSA) is 91.2 Å². The van der Waals surface area contributed by atoms with Crippen LogP contribution < -0.4 is 9.74 Å². The van der Waals surface area contributed by atoms with Gasteiger partial charge in [0.15, 0.2) is 5.75 Å². The first-order valence-electron chi connectivity index (χ1n) is 8.73. The summed E-state index contributed by atoms with van der Waals surface area (Å²) in [6.07, 6.45) is 3.96. The molecule has 4 rings (SSSR count). The van der Waals surface area contributed by atoms with Crippen LogP contribution in [0.5, 0.6) is 5.75 Å². The molecule has 0 fully saturated rings. The Labute approximate surface area is 172 Å². The second kappa shape index (κ2) is 7.20. The van der Waals surface area contributed by atoms with Crippen molar-refractivity contribution < 1.29 is 25.8 Å². The van der Waals surface area contributed by atoms with Crippen LogP contribution in [0, 0.1) is 6.92 Å². The van der Waals surface area contributed by atoms with Gasteiger partial charge < -0.3 is 8.75 Å². The number of aromatic nitrogens is 3. The Kier molecular flexibility index (Phi) is 4.93. The molecular weight excluding hydrogens is 443 g/mol. The highest BCUT2D eigenvalue weighted by molar-refractivity contribution is 7.88. The molecule has 7 nitrogen and oxygen atoms in total. The maximum atomic E-state index is 13.2. The minimum Gasteiger partial charge on any atom is -0.374 e. The van der Waals surface area contributed by atoms with Gasteiger partial charge in [-0.05, 0) is 37.5 Å². The molecule has 0 aromatic carbocycles. The van der Waals surface area contributed by atoms with E-state index >= 15 is 0 Å². The molecule has 3 aromatic rings. The molecule has 1 aliphatic rings. The molecule has 0 saturated heterocycles. The monoisotopic (exact) mass is 457 g/mol. The number of nitrogens with zero attached hydrogens (tertiary/aromatic N) is 3. The third kappa shape index (κ3) is 3.49. The highest BCUT2D eigenvalue weighted by Gasteiger charge is 2.49. The minimum atomic E-state index is -5.96. The SMILES string of the molecule is Cc1csc(-c2cc(OS(=O)(=O)C(F)(F)F)c3n(c2=O)CCCc2ccncc2-3)n1. The van der Waals surface area contributed by atoms with Crippen molar-refractivity contribution in [3.8, 4) is 27.6 Å². The average molecular weight is 457 g/mol. The summed E-state index contributed by atoms with van der Waals surface area (Å²) in [7, 11) is -5.96. The van der Waals surface area contributed by atoms with Gasteiger partial charge in [-0.15, -0.1) is 11.3 Å². The van der Waals surface area contributed by atoms with Crippen molar-refractivity contribution in [2.75, 3.05) is 0 Å². The van der Waals surface area contributed by atoms with Gasteiger partial charge in [0.1, 0.15) is 5.01 Å². The van der Waals surface area contributed by atoms with Crippen LogP contribution in [0.3, 0.4) is 0 Å². The van der Waals surface area contributed by atoms with Gasteiger partial charge in [-0.25, -0.2) is 4.98 Å². The number of fused-ring (bicyclic) bond motifs is 3. The predicted molar refractivity (Wildman–Crippen MR) is 104 cm³/mol. The molecule has 0 spiro atoms. The minimum absolute atomic E-state index is 0.0310. The van der Waals surface area contributed by atoms with Gasteiger partial charge in [0.25, 0.3) is 5.56 Å². The third-order valence-corrected chi connectivity index (χ3v) is 6.54. The Morgan fingerprint density at radius 1 is 1.27 bits per heavy atom. The van der Waals surface area contributed by atoms with Gasteiger partial charge in [-0.2, -0.15) is 21.6 Å². The second-order valence-corrected chi connectivity index (χ2v) is 9.04. The van der Waals surface area contributed by atoms with Gasteiger partial charge in [-0.3, -0.25) is 9.78 Å². The van der Waals surface area contributed by atoms with E-state index in [2.05, 4.69) is 14.2 Å². The Morgan fingerprint density at radius 2 is 2.03 bits per heavy atom. The predicted octanol–water partition coefficient (Wildman–Crippen LogP) is 3.52. The highest BCUT2D eigenvalue weighted by Crippen LogP contribution is 2.39. The summed E-state index contributed by atoms with van der Waals surface area (Å²) in [5.41, 5.74) is -4.51. The van der Waals surface area contributed by atoms with Crippen LogP contribution in [0.2, 0.25) is 0 Å². The van der Waals surface area contributed by atoms with Crippen LogP contribution in [0.1, 0.15) is 17.7 Å². The zero-order valence-electron chi connectivity index (χ0n) is 15.4. The quantitative estimate of drug-likeness (QED) is 0.442. The Balaban J connectivity index is 2.04. The number of rotatable bonds is 3. The molecule has 3 aromatic heterocycles. The standard InChI is InChI=1S/C18H14F3N3O4S2/c1-10-9-29-16(23-10)12-7-14(28-30(26,27)18(19,20)21)15-13-8-22-5-4-11(13)3-2-6-24(15)17(12)25/h4-5,7-9H,2-3,6H2,1H3. The fraction of sp³-hybridized carbons (Fsp3) is 0.278. The maximum Gasteiger partial charge on any atom is 0.534 e. The molecular formula is C18H14F3N3O4S2. The van der Waals surface area contributed by atoms with E-state index in [1.807, 2.05) is 0 Å². The fourth-order valence-corrected chi connectivity index (χ4v) is 4.54. The lowest BCUT2D eigenvalue weighted by Crippen LogP contribution is -2.30. The van der Waals surface area contributed by atoms with Gasteiger partial charge in [0, 0.05) is 35.6 Å². The second-order valence-electron chi connectivity index (χ2n) is 6.64. The smallest absolute Gasteiger partial charge is 0.374 e. The summed E-state index contributed by atoms with van der Waals surface area (Å²) in [5, 5.41) is 1.94. The fourth-order valence-electron chi connectivity index (χ4n) is 3.27. The van der Waals surface area contributed by atoms with Crippen LogP contribution in [-0.2, 0) is 23.1 Å². The summed E-state index contributed by atoms with van der Waals surface area (Å²) >= 11 is 1.13. The molecule has 12 heteroatoms. The van der Waals surface area contributed by atoms with E-state index in [1.165, 1.54) is 17.0 Å². The van der Waals surface area contributed by atoms with Gasteiger partial charge in [0.2, 0.25) is 0 Å². The summed E-state index contributed by atoms with van der Waals surface area (Å²) in [4.78, 5) is 21.4. The normalized spacial score (nSPS) is 14.0. The van der Waals surface area contributed by atoms with E-state index in [4.69, 9.17) is 0 Å². The first-order chi connectivity index (χ1) is 14.1. The molecule has 0 radical (unpaired) electrons. The summed E-state index contributed by atoms with van der Waals surface area (Å²) < 4.78 is 68.4. The number of alkyl halides is 3. The van der Waals surface area contributed by atoms with Crippen molar-refractivity contribution >= 4 is 21.5 Å². The van der Waals surface area contributed by atoms with Crippen LogP contribution in [0.4, 0.5) is 13.2 Å². The van der Waals surface area contributed by atoms with E-state index in [9.17, 15) is 26.4 Å². The number of pyridine rings is 2. The van der Waals surface area contributed by atoms with Crippen LogP contribution in [-0.4, -0.2) is 28.5 Å². The first-order valence-corrected chi connectivity index (χ1v) is 11.0. The molecule has 4 heterocycles. The third-order valence-electron chi connectivity index (χ3n) is 4.58. The van der Waals surface area contributed by atoms with Crippen molar-refractivity contribution in [1.29, 1.82) is 0 Å². The Bertz CT molecular complexity index is 1300. The number of hydrogen-bond donors (Lipinski definition) is 0. The largest absolute Gasteiger partial charge is 0.534 e. The Hall–Kier alpha value is -2.73. The van der Waals surface area contributed by atoms with E-state index < -0.39 is 26.9 Å². The number of hydrogen-bond acceptors (Lipinski definition) is 7. The number of thiazole rings is 1. The summed E-state index contributed by atoms with van der Waals surface area (Å²) in [5.74, 6) is -0.592. The zero-order valence-corrected chi connectivity index (χ0v) is 17.1. The molecule has 30 heavy (non-hydrogen) atoms. The van der Waals surface area contributed by atoms with Gasteiger partial charge >= 0.3 is 15.6 Å². The van der Waals surface area contributed by atoms with Crippen molar-refractivity contribution in [2.24, 2.45) is 0 Å². The average Bonchev–Trinajstić information content (AvgIpc) is 2.99. The van der Waals surface area contributed by atoms with E-state index in [-0.39, 0.29) is 22.8 Å². The van der Waals surface area contributed by atoms with Crippen LogP contribution >= 0.6 is 11.3 Å². The lowest BCUT2D eigenvalue weighted by atomic mass is 10.0. The van der Waals surface area contributed by atoms with E-state index in [1.54, 1.807) is 18.4 Å². The molecule has 0 aliphatic carbocycles. The molecule has 0 bridgehead atoms. The molecule has 0 N–H and O–H groups in total. The van der Waals surface area contributed by atoms with Gasteiger partial charge in [0.05, 0.1) is 11.3 Å². The summed E-state index contributed by atoms with van der Waals surface area (Å²) in [6, 6.07) is 2.69. The molecule has 0 saturated carbocycles. The molecule has 0 unspecified atom stereocenters. The first kappa shape index (κ1) is 20.5.